The zero-order chi connectivity index (χ0) is 17.7. The van der Waals surface area contributed by atoms with Gasteiger partial charge in [-0.2, -0.15) is 0 Å². The summed E-state index contributed by atoms with van der Waals surface area (Å²) >= 11 is 3.51. The maximum atomic E-state index is 13.8. The second-order valence-corrected chi connectivity index (χ2v) is 8.90. The van der Waals surface area contributed by atoms with E-state index in [1.54, 1.807) is 18.2 Å². The third-order valence-corrected chi connectivity index (χ3v) is 6.89. The van der Waals surface area contributed by atoms with Crippen LogP contribution in [0.4, 0.5) is 4.39 Å². The molecule has 0 aromatic heterocycles. The van der Waals surface area contributed by atoms with Crippen molar-refractivity contribution in [3.8, 4) is 5.75 Å². The summed E-state index contributed by atoms with van der Waals surface area (Å²) in [5.74, 6) is 0.220. The van der Waals surface area contributed by atoms with Gasteiger partial charge in [0.05, 0.1) is 9.66 Å². The highest BCUT2D eigenvalue weighted by atomic mass is 79.9. The van der Waals surface area contributed by atoms with Crippen LogP contribution in [0.25, 0.3) is 0 Å². The van der Waals surface area contributed by atoms with E-state index in [1.807, 2.05) is 19.1 Å². The van der Waals surface area contributed by atoms with Crippen LogP contribution in [-0.2, 0) is 19.9 Å². The molecule has 7 heteroatoms. The molecule has 4 nitrogen and oxygen atoms in total. The zero-order valence-corrected chi connectivity index (χ0v) is 16.6. The molecule has 2 aromatic carbocycles. The standard InChI is InChI=1S/C17H20BrFO4Si/c1-12-9-14(18)17(16(10-12)24(20-2,21-3)22-4)23-11-13-7-5-6-8-15(13)19/h5-10H,11H2,1-4H3. The minimum absolute atomic E-state index is 0.0863. The van der Waals surface area contributed by atoms with Crippen LogP contribution in [-0.4, -0.2) is 30.1 Å². The van der Waals surface area contributed by atoms with Crippen LogP contribution in [0.2, 0.25) is 0 Å². The second kappa shape index (κ2) is 8.22. The van der Waals surface area contributed by atoms with Crippen molar-refractivity contribution in [2.24, 2.45) is 0 Å². The first-order valence-electron chi connectivity index (χ1n) is 7.29. The first-order chi connectivity index (χ1) is 11.5. The summed E-state index contributed by atoms with van der Waals surface area (Å²) in [6.45, 7) is 2.04. The lowest BCUT2D eigenvalue weighted by molar-refractivity contribution is 0.139. The Balaban J connectivity index is 2.44. The maximum absolute atomic E-state index is 13.8. The number of rotatable bonds is 7. The van der Waals surface area contributed by atoms with Crippen molar-refractivity contribution < 1.29 is 22.4 Å². The molecule has 0 saturated carbocycles. The number of aryl methyl sites for hydroxylation is 1. The van der Waals surface area contributed by atoms with E-state index in [-0.39, 0.29) is 12.4 Å². The Hall–Kier alpha value is -1.25. The fraction of sp³-hybridized carbons (Fsp3) is 0.294. The molecule has 0 bridgehead atoms. The molecule has 0 aliphatic rings. The molecule has 0 aliphatic carbocycles. The largest absolute Gasteiger partial charge is 0.540 e. The van der Waals surface area contributed by atoms with Gasteiger partial charge >= 0.3 is 8.80 Å². The minimum Gasteiger partial charge on any atom is -0.487 e. The van der Waals surface area contributed by atoms with Gasteiger partial charge in [-0.25, -0.2) is 4.39 Å². The lowest BCUT2D eigenvalue weighted by Crippen LogP contribution is -2.55. The molecular weight excluding hydrogens is 395 g/mol. The number of hydrogen-bond acceptors (Lipinski definition) is 4. The molecule has 0 saturated heterocycles. The quantitative estimate of drug-likeness (QED) is 0.649. The predicted molar refractivity (Wildman–Crippen MR) is 96.0 cm³/mol. The lowest BCUT2D eigenvalue weighted by atomic mass is 10.2. The molecule has 0 amide bonds. The molecule has 2 aromatic rings. The van der Waals surface area contributed by atoms with Crippen LogP contribution in [0, 0.1) is 12.7 Å². The number of hydrogen-bond donors (Lipinski definition) is 0. The predicted octanol–water partition coefficient (Wildman–Crippen LogP) is 3.56. The molecule has 0 aliphatic heterocycles. The van der Waals surface area contributed by atoms with Crippen molar-refractivity contribution in [2.75, 3.05) is 21.3 Å². The molecule has 24 heavy (non-hydrogen) atoms. The Morgan fingerprint density at radius 3 is 2.25 bits per heavy atom. The Kier molecular flexibility index (Phi) is 6.53. The summed E-state index contributed by atoms with van der Waals surface area (Å²) in [7, 11) is 1.51. The van der Waals surface area contributed by atoms with Crippen molar-refractivity contribution in [3.05, 3.63) is 57.8 Å². The van der Waals surface area contributed by atoms with Gasteiger partial charge in [0.1, 0.15) is 18.2 Å². The van der Waals surface area contributed by atoms with E-state index in [9.17, 15) is 4.39 Å². The van der Waals surface area contributed by atoms with Crippen molar-refractivity contribution in [1.82, 2.24) is 0 Å². The van der Waals surface area contributed by atoms with Crippen LogP contribution in [0.3, 0.4) is 0 Å². The van der Waals surface area contributed by atoms with Crippen LogP contribution in [0.15, 0.2) is 40.9 Å². The Morgan fingerprint density at radius 1 is 1.04 bits per heavy atom. The fourth-order valence-corrected chi connectivity index (χ4v) is 5.37. The van der Waals surface area contributed by atoms with Crippen LogP contribution >= 0.6 is 15.9 Å². The van der Waals surface area contributed by atoms with Gasteiger partial charge in [0, 0.05) is 26.9 Å². The summed E-state index contributed by atoms with van der Waals surface area (Å²) in [6.07, 6.45) is 0. The molecule has 0 atom stereocenters. The Bertz CT molecular complexity index is 699. The third kappa shape index (κ3) is 3.87. The first kappa shape index (κ1) is 19.1. The summed E-state index contributed by atoms with van der Waals surface area (Å²) in [5.41, 5.74) is 1.47. The molecular formula is C17H20BrFO4Si. The van der Waals surface area contributed by atoms with Gasteiger partial charge in [0.15, 0.2) is 0 Å². The van der Waals surface area contributed by atoms with Gasteiger partial charge < -0.3 is 18.0 Å². The average molecular weight is 415 g/mol. The van der Waals surface area contributed by atoms with E-state index in [1.165, 1.54) is 27.4 Å². The van der Waals surface area contributed by atoms with Crippen molar-refractivity contribution in [2.45, 2.75) is 13.5 Å². The number of benzene rings is 2. The summed E-state index contributed by atoms with van der Waals surface area (Å²) in [5, 5.41) is 0.693. The van der Waals surface area contributed by atoms with Gasteiger partial charge in [-0.3, -0.25) is 0 Å². The van der Waals surface area contributed by atoms with Crippen LogP contribution < -0.4 is 9.92 Å². The van der Waals surface area contributed by atoms with Crippen LogP contribution in [0.1, 0.15) is 11.1 Å². The summed E-state index contributed by atoms with van der Waals surface area (Å²) in [6, 6.07) is 10.3. The second-order valence-electron chi connectivity index (χ2n) is 5.17. The number of ether oxygens (including phenoxy) is 1. The van der Waals surface area contributed by atoms with Crippen molar-refractivity contribution in [1.29, 1.82) is 0 Å². The normalized spacial score (nSPS) is 11.6. The van der Waals surface area contributed by atoms with Gasteiger partial charge in [-0.15, -0.1) is 0 Å². The monoisotopic (exact) mass is 414 g/mol. The molecule has 0 heterocycles. The lowest BCUT2D eigenvalue weighted by Gasteiger charge is -2.27. The average Bonchev–Trinajstić information content (AvgIpc) is 2.57. The fourth-order valence-electron chi connectivity index (χ4n) is 2.45. The maximum Gasteiger partial charge on any atom is 0.540 e. The van der Waals surface area contributed by atoms with E-state index >= 15 is 0 Å². The highest BCUT2D eigenvalue weighted by molar-refractivity contribution is 9.10. The molecule has 0 unspecified atom stereocenters. The molecule has 0 radical (unpaired) electrons. The molecule has 0 N–H and O–H groups in total. The van der Waals surface area contributed by atoms with Crippen LogP contribution in [0.5, 0.6) is 5.75 Å². The van der Waals surface area contributed by atoms with Crippen molar-refractivity contribution >= 4 is 29.9 Å². The SMILES string of the molecule is CO[Si](OC)(OC)c1cc(C)cc(Br)c1OCc1ccccc1F. The van der Waals surface area contributed by atoms with E-state index < -0.39 is 8.80 Å². The Morgan fingerprint density at radius 2 is 1.67 bits per heavy atom. The molecule has 0 spiro atoms. The highest BCUT2D eigenvalue weighted by Crippen LogP contribution is 2.28. The van der Waals surface area contributed by atoms with Gasteiger partial charge in [0.25, 0.3) is 0 Å². The Labute approximate surface area is 151 Å². The third-order valence-electron chi connectivity index (χ3n) is 3.65. The molecule has 0 fully saturated rings. The minimum atomic E-state index is -3.10. The topological polar surface area (TPSA) is 36.9 Å². The highest BCUT2D eigenvalue weighted by Gasteiger charge is 2.44. The van der Waals surface area contributed by atoms with E-state index in [4.69, 9.17) is 18.0 Å². The smallest absolute Gasteiger partial charge is 0.487 e. The van der Waals surface area contributed by atoms with Crippen molar-refractivity contribution in [3.63, 3.8) is 0 Å². The molecule has 2 rings (SSSR count). The van der Waals surface area contributed by atoms with Gasteiger partial charge in [-0.1, -0.05) is 18.2 Å². The van der Waals surface area contributed by atoms with Gasteiger partial charge in [-0.05, 0) is 46.6 Å². The van der Waals surface area contributed by atoms with E-state index in [0.717, 1.165) is 10.0 Å². The number of halogens is 2. The van der Waals surface area contributed by atoms with E-state index in [0.29, 0.717) is 16.5 Å². The zero-order valence-electron chi connectivity index (χ0n) is 14.1. The first-order valence-corrected chi connectivity index (χ1v) is 9.81. The molecule has 130 valence electrons. The van der Waals surface area contributed by atoms with E-state index in [2.05, 4.69) is 15.9 Å². The summed E-state index contributed by atoms with van der Waals surface area (Å²) in [4.78, 5) is 0. The van der Waals surface area contributed by atoms with Gasteiger partial charge in [0.2, 0.25) is 0 Å². The summed E-state index contributed by atoms with van der Waals surface area (Å²) < 4.78 is 37.2.